The highest BCUT2D eigenvalue weighted by molar-refractivity contribution is 7.89. The van der Waals surface area contributed by atoms with E-state index in [1.54, 1.807) is 13.0 Å². The van der Waals surface area contributed by atoms with E-state index in [1.165, 1.54) is 34.6 Å². The predicted octanol–water partition coefficient (Wildman–Crippen LogP) is 4.94. The number of rotatable bonds is 6. The van der Waals surface area contributed by atoms with Gasteiger partial charge in [0.05, 0.1) is 22.5 Å². The zero-order valence-electron chi connectivity index (χ0n) is 17.4. The molecular formula is C22H23ClF3NO4S. The van der Waals surface area contributed by atoms with Crippen molar-refractivity contribution in [3.05, 3.63) is 64.7 Å². The monoisotopic (exact) mass is 489 g/mol. The summed E-state index contributed by atoms with van der Waals surface area (Å²) < 4.78 is 71.8. The first-order chi connectivity index (χ1) is 15.0. The van der Waals surface area contributed by atoms with Gasteiger partial charge in [-0.3, -0.25) is 4.79 Å². The molecule has 0 atom stereocenters. The molecule has 10 heteroatoms. The topological polar surface area (TPSA) is 63.7 Å². The molecule has 1 aliphatic heterocycles. The molecule has 1 saturated heterocycles. The average Bonchev–Trinajstić information content (AvgIpc) is 2.74. The van der Waals surface area contributed by atoms with Crippen LogP contribution in [0.25, 0.3) is 0 Å². The van der Waals surface area contributed by atoms with E-state index in [0.29, 0.717) is 5.56 Å². The van der Waals surface area contributed by atoms with Gasteiger partial charge in [-0.25, -0.2) is 8.42 Å². The molecule has 5 nitrogen and oxygen atoms in total. The molecule has 0 amide bonds. The van der Waals surface area contributed by atoms with E-state index >= 15 is 0 Å². The third-order valence-electron chi connectivity index (χ3n) is 5.62. The number of carbonyl (C=O) groups is 1. The number of carbonyl (C=O) groups excluding carboxylic acids is 1. The second-order valence-electron chi connectivity index (χ2n) is 7.74. The number of sulfonamides is 1. The first-order valence-electron chi connectivity index (χ1n) is 10.1. The van der Waals surface area contributed by atoms with Gasteiger partial charge in [0.2, 0.25) is 10.0 Å². The molecule has 0 aliphatic carbocycles. The smallest absolute Gasteiger partial charge is 0.416 e. The summed E-state index contributed by atoms with van der Waals surface area (Å²) in [6.45, 7) is 1.83. The van der Waals surface area contributed by atoms with Crippen LogP contribution in [0.1, 0.15) is 30.9 Å². The minimum atomic E-state index is -4.50. The molecule has 174 valence electrons. The van der Waals surface area contributed by atoms with E-state index < -0.39 is 33.1 Å². The van der Waals surface area contributed by atoms with Gasteiger partial charge in [0.15, 0.2) is 0 Å². The van der Waals surface area contributed by atoms with E-state index in [0.717, 1.165) is 12.1 Å². The summed E-state index contributed by atoms with van der Waals surface area (Å²) in [4.78, 5) is 12.9. The summed E-state index contributed by atoms with van der Waals surface area (Å²) >= 11 is 5.92. The summed E-state index contributed by atoms with van der Waals surface area (Å²) in [7, 11) is -3.82. The molecule has 3 rings (SSSR count). The van der Waals surface area contributed by atoms with Crippen LogP contribution in [0.4, 0.5) is 13.2 Å². The molecule has 0 N–H and O–H groups in total. The number of hydrogen-bond donors (Lipinski definition) is 0. The third-order valence-corrected chi connectivity index (χ3v) is 7.75. The Balaban J connectivity index is 1.85. The molecule has 2 aromatic rings. The van der Waals surface area contributed by atoms with Crippen molar-refractivity contribution >= 4 is 27.6 Å². The Labute approximate surface area is 190 Å². The van der Waals surface area contributed by atoms with Crippen molar-refractivity contribution in [3.8, 4) is 0 Å². The van der Waals surface area contributed by atoms with Crippen molar-refractivity contribution in [1.82, 2.24) is 4.31 Å². The molecule has 0 saturated carbocycles. The van der Waals surface area contributed by atoms with Crippen molar-refractivity contribution in [2.45, 2.75) is 37.3 Å². The molecule has 1 heterocycles. The van der Waals surface area contributed by atoms with Crippen molar-refractivity contribution in [2.24, 2.45) is 5.41 Å². The molecule has 0 bridgehead atoms. The van der Waals surface area contributed by atoms with Gasteiger partial charge in [-0.15, -0.1) is 0 Å². The zero-order chi connectivity index (χ0) is 23.6. The minimum absolute atomic E-state index is 0.0286. The van der Waals surface area contributed by atoms with E-state index in [2.05, 4.69) is 0 Å². The highest BCUT2D eigenvalue weighted by Gasteiger charge is 2.45. The SMILES string of the molecule is CCOC(=O)C1(Cc2cccc(C(F)(F)F)c2)CCN(S(=O)(=O)c2cccc(Cl)c2)CC1. The molecule has 2 aromatic carbocycles. The summed E-state index contributed by atoms with van der Waals surface area (Å²) in [5, 5.41) is 0.286. The lowest BCUT2D eigenvalue weighted by Crippen LogP contribution is -2.48. The molecule has 0 radical (unpaired) electrons. The molecule has 0 unspecified atom stereocenters. The Hall–Kier alpha value is -2.10. The van der Waals surface area contributed by atoms with Crippen LogP contribution in [-0.4, -0.2) is 38.4 Å². The predicted molar refractivity (Wildman–Crippen MR) is 114 cm³/mol. The van der Waals surface area contributed by atoms with Gasteiger partial charge in [0, 0.05) is 18.1 Å². The molecule has 1 fully saturated rings. The number of nitrogens with zero attached hydrogens (tertiary/aromatic N) is 1. The Kier molecular flexibility index (Phi) is 7.21. The fourth-order valence-corrected chi connectivity index (χ4v) is 5.66. The lowest BCUT2D eigenvalue weighted by Gasteiger charge is -2.39. The van der Waals surface area contributed by atoms with Crippen molar-refractivity contribution in [3.63, 3.8) is 0 Å². The van der Waals surface area contributed by atoms with Crippen molar-refractivity contribution in [2.75, 3.05) is 19.7 Å². The van der Waals surface area contributed by atoms with Gasteiger partial charge >= 0.3 is 12.1 Å². The van der Waals surface area contributed by atoms with Gasteiger partial charge in [0.25, 0.3) is 0 Å². The standard InChI is InChI=1S/C22H23ClF3NO4S/c1-2-31-20(28)21(15-16-5-3-6-17(13-16)22(24,25)26)9-11-27(12-10-21)32(29,30)19-8-4-7-18(23)14-19/h3-8,13-14H,2,9-12,15H2,1H3. The van der Waals surface area contributed by atoms with Crippen LogP contribution >= 0.6 is 11.6 Å². The molecule has 1 aliphatic rings. The Morgan fingerprint density at radius 1 is 1.12 bits per heavy atom. The number of ether oxygens (including phenoxy) is 1. The largest absolute Gasteiger partial charge is 0.466 e. The van der Waals surface area contributed by atoms with Gasteiger partial charge in [-0.1, -0.05) is 35.9 Å². The lowest BCUT2D eigenvalue weighted by molar-refractivity contribution is -0.158. The lowest BCUT2D eigenvalue weighted by atomic mass is 9.74. The maximum atomic E-state index is 13.1. The van der Waals surface area contributed by atoms with Gasteiger partial charge in [0.1, 0.15) is 0 Å². The Morgan fingerprint density at radius 2 is 1.78 bits per heavy atom. The van der Waals surface area contributed by atoms with Gasteiger partial charge < -0.3 is 4.74 Å². The zero-order valence-corrected chi connectivity index (χ0v) is 18.9. The van der Waals surface area contributed by atoms with E-state index in [4.69, 9.17) is 16.3 Å². The minimum Gasteiger partial charge on any atom is -0.466 e. The number of halogens is 4. The number of hydrogen-bond acceptors (Lipinski definition) is 4. The maximum Gasteiger partial charge on any atom is 0.416 e. The van der Waals surface area contributed by atoms with Crippen LogP contribution in [0.3, 0.4) is 0 Å². The number of piperidine rings is 1. The quantitative estimate of drug-likeness (QED) is 0.539. The summed E-state index contributed by atoms with van der Waals surface area (Å²) in [5.74, 6) is -0.530. The van der Waals surface area contributed by atoms with Crippen LogP contribution < -0.4 is 0 Å². The first-order valence-corrected chi connectivity index (χ1v) is 11.9. The fourth-order valence-electron chi connectivity index (χ4n) is 3.92. The second kappa shape index (κ2) is 9.41. The Bertz CT molecular complexity index is 1080. The highest BCUT2D eigenvalue weighted by Crippen LogP contribution is 2.39. The fraction of sp³-hybridized carbons (Fsp3) is 0.409. The number of esters is 1. The normalized spacial score (nSPS) is 17.2. The maximum absolute atomic E-state index is 13.1. The van der Waals surface area contributed by atoms with Crippen molar-refractivity contribution < 1.29 is 31.1 Å². The van der Waals surface area contributed by atoms with Crippen LogP contribution in [0, 0.1) is 5.41 Å². The van der Waals surface area contributed by atoms with Crippen LogP contribution in [0.15, 0.2) is 53.4 Å². The summed E-state index contributed by atoms with van der Waals surface area (Å²) in [5.41, 5.74) is -1.56. The van der Waals surface area contributed by atoms with E-state index in [9.17, 15) is 26.4 Å². The summed E-state index contributed by atoms with van der Waals surface area (Å²) in [6, 6.07) is 10.7. The second-order valence-corrected chi connectivity index (χ2v) is 10.1. The van der Waals surface area contributed by atoms with Crippen molar-refractivity contribution in [1.29, 1.82) is 0 Å². The van der Waals surface area contributed by atoms with Crippen LogP contribution in [-0.2, 0) is 32.2 Å². The highest BCUT2D eigenvalue weighted by atomic mass is 35.5. The molecule has 32 heavy (non-hydrogen) atoms. The number of alkyl halides is 3. The van der Waals surface area contributed by atoms with Gasteiger partial charge in [-0.2, -0.15) is 17.5 Å². The van der Waals surface area contributed by atoms with E-state index in [1.807, 2.05) is 0 Å². The summed E-state index contributed by atoms with van der Waals surface area (Å²) in [6.07, 6.45) is -4.22. The molecule has 0 spiro atoms. The molecular weight excluding hydrogens is 467 g/mol. The molecule has 0 aromatic heterocycles. The van der Waals surface area contributed by atoms with Crippen LogP contribution in [0.2, 0.25) is 5.02 Å². The first kappa shape index (κ1) is 24.5. The average molecular weight is 490 g/mol. The Morgan fingerprint density at radius 3 is 2.38 bits per heavy atom. The third kappa shape index (κ3) is 5.27. The number of benzene rings is 2. The van der Waals surface area contributed by atoms with Crippen LogP contribution in [0.5, 0.6) is 0 Å². The van der Waals surface area contributed by atoms with Gasteiger partial charge in [-0.05, 0) is 56.0 Å². The van der Waals surface area contributed by atoms with E-state index in [-0.39, 0.29) is 48.9 Å².